The van der Waals surface area contributed by atoms with Crippen molar-refractivity contribution in [1.29, 1.82) is 0 Å². The number of nitrogens with one attached hydrogen (secondary N) is 1. The molecule has 1 atom stereocenters. The molecular formula is C11H16ClN3O2. The highest BCUT2D eigenvalue weighted by atomic mass is 35.5. The third kappa shape index (κ3) is 3.80. The van der Waals surface area contributed by atoms with Crippen LogP contribution < -0.4 is 5.32 Å². The van der Waals surface area contributed by atoms with Crippen LogP contribution in [0.3, 0.4) is 0 Å². The van der Waals surface area contributed by atoms with E-state index in [0.717, 1.165) is 32.0 Å². The molecule has 1 aliphatic heterocycles. The Kier molecular flexibility index (Phi) is 4.53. The molecule has 0 radical (unpaired) electrons. The third-order valence-electron chi connectivity index (χ3n) is 2.61. The van der Waals surface area contributed by atoms with E-state index in [1.165, 1.54) is 0 Å². The molecule has 5 nitrogen and oxygen atoms in total. The second-order valence-electron chi connectivity index (χ2n) is 4.04. The van der Waals surface area contributed by atoms with Gasteiger partial charge in [-0.15, -0.1) is 0 Å². The quantitative estimate of drug-likeness (QED) is 0.814. The summed E-state index contributed by atoms with van der Waals surface area (Å²) in [6, 6.07) is 1.72. The Morgan fingerprint density at radius 1 is 1.59 bits per heavy atom. The standard InChI is InChI=1S/C11H16ClN3O2/c1-16-7-11-14-9(12)4-10(15-11)13-5-8-2-3-17-6-8/h4,8H,2-3,5-7H2,1H3,(H,13,14,15). The molecule has 2 rings (SSSR count). The van der Waals surface area contributed by atoms with Crippen LogP contribution in [-0.2, 0) is 16.1 Å². The molecule has 1 N–H and O–H groups in total. The fourth-order valence-corrected chi connectivity index (χ4v) is 1.94. The van der Waals surface area contributed by atoms with Crippen LogP contribution in [0.15, 0.2) is 6.07 Å². The summed E-state index contributed by atoms with van der Waals surface area (Å²) < 4.78 is 10.3. The minimum absolute atomic E-state index is 0.363. The van der Waals surface area contributed by atoms with Crippen LogP contribution in [0, 0.1) is 5.92 Å². The van der Waals surface area contributed by atoms with Gasteiger partial charge in [-0.25, -0.2) is 9.97 Å². The molecule has 1 aliphatic rings. The van der Waals surface area contributed by atoms with E-state index in [9.17, 15) is 0 Å². The monoisotopic (exact) mass is 257 g/mol. The van der Waals surface area contributed by atoms with Gasteiger partial charge in [-0.3, -0.25) is 0 Å². The van der Waals surface area contributed by atoms with Gasteiger partial charge in [-0.2, -0.15) is 0 Å². The maximum absolute atomic E-state index is 5.91. The summed E-state index contributed by atoms with van der Waals surface area (Å²) in [5.74, 6) is 1.88. The van der Waals surface area contributed by atoms with E-state index >= 15 is 0 Å². The van der Waals surface area contributed by atoms with Crippen LogP contribution in [0.1, 0.15) is 12.2 Å². The van der Waals surface area contributed by atoms with E-state index in [-0.39, 0.29) is 0 Å². The largest absolute Gasteiger partial charge is 0.381 e. The zero-order valence-corrected chi connectivity index (χ0v) is 10.5. The first-order valence-corrected chi connectivity index (χ1v) is 5.99. The second kappa shape index (κ2) is 6.14. The first kappa shape index (κ1) is 12.5. The molecular weight excluding hydrogens is 242 g/mol. The van der Waals surface area contributed by atoms with Crippen molar-refractivity contribution in [3.8, 4) is 0 Å². The summed E-state index contributed by atoms with van der Waals surface area (Å²) in [6.45, 7) is 2.88. The number of hydrogen-bond acceptors (Lipinski definition) is 5. The predicted molar refractivity (Wildman–Crippen MR) is 65.2 cm³/mol. The van der Waals surface area contributed by atoms with Crippen LogP contribution in [0.5, 0.6) is 0 Å². The lowest BCUT2D eigenvalue weighted by Gasteiger charge is -2.10. The lowest BCUT2D eigenvalue weighted by molar-refractivity contribution is 0.178. The normalized spacial score (nSPS) is 19.5. The van der Waals surface area contributed by atoms with Crippen LogP contribution in [0.2, 0.25) is 5.15 Å². The molecule has 17 heavy (non-hydrogen) atoms. The summed E-state index contributed by atoms with van der Waals surface area (Å²) >= 11 is 5.91. The number of methoxy groups -OCH3 is 1. The van der Waals surface area contributed by atoms with Gasteiger partial charge in [0.05, 0.1) is 6.61 Å². The summed E-state index contributed by atoms with van der Waals surface area (Å²) in [5, 5.41) is 3.68. The Balaban J connectivity index is 1.94. The zero-order chi connectivity index (χ0) is 12.1. The highest BCUT2D eigenvalue weighted by Gasteiger charge is 2.15. The Labute approximate surface area is 105 Å². The van der Waals surface area contributed by atoms with Crippen molar-refractivity contribution >= 4 is 17.4 Å². The van der Waals surface area contributed by atoms with E-state index in [1.54, 1.807) is 13.2 Å². The van der Waals surface area contributed by atoms with Gasteiger partial charge in [0.1, 0.15) is 17.6 Å². The fourth-order valence-electron chi connectivity index (χ4n) is 1.74. The lowest BCUT2D eigenvalue weighted by atomic mass is 10.1. The maximum Gasteiger partial charge on any atom is 0.158 e. The molecule has 94 valence electrons. The summed E-state index contributed by atoms with van der Waals surface area (Å²) in [4.78, 5) is 8.38. The number of rotatable bonds is 5. The van der Waals surface area contributed by atoms with Crippen LogP contribution >= 0.6 is 11.6 Å². The van der Waals surface area contributed by atoms with E-state index in [4.69, 9.17) is 21.1 Å². The molecule has 0 amide bonds. The van der Waals surface area contributed by atoms with Gasteiger partial charge in [0, 0.05) is 32.2 Å². The molecule has 0 spiro atoms. The molecule has 0 aromatic carbocycles. The number of halogens is 1. The number of hydrogen-bond donors (Lipinski definition) is 1. The summed E-state index contributed by atoms with van der Waals surface area (Å²) in [6.07, 6.45) is 1.09. The molecule has 1 saturated heterocycles. The van der Waals surface area contributed by atoms with Crippen molar-refractivity contribution in [2.24, 2.45) is 5.92 Å². The summed E-state index contributed by atoms with van der Waals surface area (Å²) in [5.41, 5.74) is 0. The van der Waals surface area contributed by atoms with E-state index in [2.05, 4.69) is 15.3 Å². The minimum atomic E-state index is 0.363. The Hall–Kier alpha value is -0.910. The summed E-state index contributed by atoms with van der Waals surface area (Å²) in [7, 11) is 1.60. The molecule has 0 saturated carbocycles. The average molecular weight is 258 g/mol. The van der Waals surface area contributed by atoms with E-state index in [1.807, 2.05) is 0 Å². The molecule has 1 aromatic heterocycles. The van der Waals surface area contributed by atoms with Gasteiger partial charge in [-0.1, -0.05) is 11.6 Å². The van der Waals surface area contributed by atoms with Gasteiger partial charge in [0.25, 0.3) is 0 Å². The SMILES string of the molecule is COCc1nc(Cl)cc(NCC2CCOC2)n1. The number of ether oxygens (including phenoxy) is 2. The molecule has 0 aliphatic carbocycles. The van der Waals surface area contributed by atoms with Gasteiger partial charge < -0.3 is 14.8 Å². The van der Waals surface area contributed by atoms with Crippen molar-refractivity contribution < 1.29 is 9.47 Å². The highest BCUT2D eigenvalue weighted by molar-refractivity contribution is 6.29. The van der Waals surface area contributed by atoms with Crippen molar-refractivity contribution in [3.63, 3.8) is 0 Å². The predicted octanol–water partition coefficient (Wildman–Crippen LogP) is 1.72. The number of nitrogens with zero attached hydrogens (tertiary/aromatic N) is 2. The first-order valence-electron chi connectivity index (χ1n) is 5.62. The van der Waals surface area contributed by atoms with Crippen LogP contribution in [0.25, 0.3) is 0 Å². The third-order valence-corrected chi connectivity index (χ3v) is 2.80. The van der Waals surface area contributed by atoms with Gasteiger partial charge in [-0.05, 0) is 6.42 Å². The highest BCUT2D eigenvalue weighted by Crippen LogP contribution is 2.15. The van der Waals surface area contributed by atoms with Crippen LogP contribution in [0.4, 0.5) is 5.82 Å². The van der Waals surface area contributed by atoms with Crippen molar-refractivity contribution in [2.45, 2.75) is 13.0 Å². The molecule has 2 heterocycles. The molecule has 1 unspecified atom stereocenters. The van der Waals surface area contributed by atoms with Crippen LogP contribution in [-0.4, -0.2) is 36.8 Å². The first-order chi connectivity index (χ1) is 8.28. The Morgan fingerprint density at radius 3 is 3.18 bits per heavy atom. The van der Waals surface area contributed by atoms with Gasteiger partial charge >= 0.3 is 0 Å². The zero-order valence-electron chi connectivity index (χ0n) is 9.78. The molecule has 0 bridgehead atoms. The van der Waals surface area contributed by atoms with E-state index in [0.29, 0.717) is 23.5 Å². The number of aromatic nitrogens is 2. The van der Waals surface area contributed by atoms with Gasteiger partial charge in [0.2, 0.25) is 0 Å². The van der Waals surface area contributed by atoms with Gasteiger partial charge in [0.15, 0.2) is 5.82 Å². The smallest absolute Gasteiger partial charge is 0.158 e. The molecule has 1 fully saturated rings. The number of anilines is 1. The van der Waals surface area contributed by atoms with Crippen molar-refractivity contribution in [3.05, 3.63) is 17.0 Å². The van der Waals surface area contributed by atoms with Crippen molar-refractivity contribution in [2.75, 3.05) is 32.2 Å². The Bertz CT molecular complexity index is 370. The topological polar surface area (TPSA) is 56.3 Å². The maximum atomic E-state index is 5.91. The second-order valence-corrected chi connectivity index (χ2v) is 4.42. The molecule has 1 aromatic rings. The van der Waals surface area contributed by atoms with Crippen molar-refractivity contribution in [1.82, 2.24) is 9.97 Å². The molecule has 6 heteroatoms. The average Bonchev–Trinajstić information content (AvgIpc) is 2.79. The van der Waals surface area contributed by atoms with E-state index < -0.39 is 0 Å². The minimum Gasteiger partial charge on any atom is -0.381 e. The fraction of sp³-hybridized carbons (Fsp3) is 0.636. The lowest BCUT2D eigenvalue weighted by Crippen LogP contribution is -2.15. The Morgan fingerprint density at radius 2 is 2.47 bits per heavy atom.